The molecular weight excluding hydrogens is 1020 g/mol. The molecular formula is C77H138O6. The second kappa shape index (κ2) is 71.3. The topological polar surface area (TPSA) is 78.9 Å². The van der Waals surface area contributed by atoms with Crippen LogP contribution in [0.1, 0.15) is 380 Å². The molecule has 0 fully saturated rings. The number of carbonyl (C=O) groups excluding carboxylic acids is 3. The molecule has 0 saturated heterocycles. The molecule has 0 aliphatic carbocycles. The molecule has 0 radical (unpaired) electrons. The van der Waals surface area contributed by atoms with Gasteiger partial charge in [-0.15, -0.1) is 0 Å². The Morgan fingerprint density at radius 1 is 0.253 bits per heavy atom. The maximum atomic E-state index is 12.9. The zero-order chi connectivity index (χ0) is 59.9. The highest BCUT2D eigenvalue weighted by molar-refractivity contribution is 5.71. The molecule has 0 N–H and O–H groups in total. The van der Waals surface area contributed by atoms with Gasteiger partial charge in [-0.1, -0.05) is 344 Å². The Hall–Kier alpha value is -3.15. The van der Waals surface area contributed by atoms with Crippen molar-refractivity contribution in [3.63, 3.8) is 0 Å². The van der Waals surface area contributed by atoms with Crippen LogP contribution in [0.4, 0.5) is 0 Å². The fourth-order valence-corrected chi connectivity index (χ4v) is 10.8. The first-order valence-electron chi connectivity index (χ1n) is 36.4. The van der Waals surface area contributed by atoms with Crippen molar-refractivity contribution in [2.45, 2.75) is 386 Å². The van der Waals surface area contributed by atoms with E-state index in [1.54, 1.807) is 0 Å². The molecule has 0 aliphatic rings. The third-order valence-corrected chi connectivity index (χ3v) is 16.2. The second-order valence-corrected chi connectivity index (χ2v) is 24.5. The van der Waals surface area contributed by atoms with Crippen LogP contribution in [-0.4, -0.2) is 37.2 Å². The van der Waals surface area contributed by atoms with E-state index in [4.69, 9.17) is 14.2 Å². The van der Waals surface area contributed by atoms with Gasteiger partial charge in [0.05, 0.1) is 0 Å². The Balaban J connectivity index is 4.11. The minimum absolute atomic E-state index is 0.0699. The summed E-state index contributed by atoms with van der Waals surface area (Å²) in [5.41, 5.74) is 0. The molecule has 83 heavy (non-hydrogen) atoms. The van der Waals surface area contributed by atoms with Gasteiger partial charge in [0.25, 0.3) is 0 Å². The number of ether oxygens (including phenoxy) is 3. The van der Waals surface area contributed by atoms with Crippen molar-refractivity contribution in [2.75, 3.05) is 13.2 Å². The fourth-order valence-electron chi connectivity index (χ4n) is 10.8. The van der Waals surface area contributed by atoms with E-state index in [9.17, 15) is 14.4 Å². The molecule has 0 heterocycles. The Kier molecular flexibility index (Phi) is 68.6. The van der Waals surface area contributed by atoms with Crippen LogP contribution in [0, 0.1) is 0 Å². The van der Waals surface area contributed by atoms with Crippen LogP contribution in [0.3, 0.4) is 0 Å². The predicted octanol–water partition coefficient (Wildman–Crippen LogP) is 25.2. The molecule has 0 amide bonds. The minimum atomic E-state index is -0.774. The van der Waals surface area contributed by atoms with Crippen molar-refractivity contribution in [1.82, 2.24) is 0 Å². The average Bonchev–Trinajstić information content (AvgIpc) is 3.49. The Labute approximate surface area is 516 Å². The number of esters is 3. The zero-order valence-corrected chi connectivity index (χ0v) is 55.5. The van der Waals surface area contributed by atoms with Crippen LogP contribution in [0.5, 0.6) is 0 Å². The van der Waals surface area contributed by atoms with Gasteiger partial charge in [0, 0.05) is 19.3 Å². The lowest BCUT2D eigenvalue weighted by Crippen LogP contribution is -2.30. The number of carbonyl (C=O) groups is 3. The van der Waals surface area contributed by atoms with E-state index in [0.717, 1.165) is 89.9 Å². The summed E-state index contributed by atoms with van der Waals surface area (Å²) < 4.78 is 17.0. The average molecular weight is 1160 g/mol. The summed E-state index contributed by atoms with van der Waals surface area (Å²) in [6.45, 7) is 6.57. The molecule has 0 rings (SSSR count). The molecule has 482 valence electrons. The molecule has 0 aromatic heterocycles. The molecule has 0 aliphatic heterocycles. The molecule has 1 unspecified atom stereocenters. The molecule has 0 saturated carbocycles. The van der Waals surface area contributed by atoms with Gasteiger partial charge in [-0.05, 0) is 89.9 Å². The van der Waals surface area contributed by atoms with Crippen LogP contribution in [0.25, 0.3) is 0 Å². The molecule has 6 heteroatoms. The number of hydrogen-bond donors (Lipinski definition) is 0. The maximum absolute atomic E-state index is 12.9. The SMILES string of the molecule is CC/C=C\C/C=C\C/C=C\C/C=C\C/C=C\CCCCCCCCCCCCCCCCCCCCCC(=O)OCC(COC(=O)CCCCCCCCCCCCCCC)OC(=O)CCCCCCCCC/C=C\CCCCCCCC. The van der Waals surface area contributed by atoms with Crippen molar-refractivity contribution < 1.29 is 28.6 Å². The van der Waals surface area contributed by atoms with Crippen molar-refractivity contribution in [3.05, 3.63) is 72.9 Å². The molecule has 0 spiro atoms. The van der Waals surface area contributed by atoms with E-state index in [-0.39, 0.29) is 31.1 Å². The monoisotopic (exact) mass is 1160 g/mol. The highest BCUT2D eigenvalue weighted by Crippen LogP contribution is 2.18. The van der Waals surface area contributed by atoms with E-state index in [2.05, 4.69) is 93.7 Å². The van der Waals surface area contributed by atoms with Gasteiger partial charge in [-0.2, -0.15) is 0 Å². The lowest BCUT2D eigenvalue weighted by atomic mass is 10.0. The largest absolute Gasteiger partial charge is 0.462 e. The van der Waals surface area contributed by atoms with Crippen LogP contribution >= 0.6 is 0 Å². The van der Waals surface area contributed by atoms with Crippen LogP contribution in [0.15, 0.2) is 72.9 Å². The standard InChI is InChI=1S/C77H138O6/c1-4-7-10-13-16-19-22-25-27-29-30-31-32-33-34-35-36-37-38-39-40-41-42-43-44-45-46-48-49-52-55-58-61-64-67-70-76(79)82-73-74(72-81-75(78)69-66-63-60-57-54-51-24-21-18-15-12-9-6-3)83-77(80)71-68-65-62-59-56-53-50-47-28-26-23-20-17-14-11-8-5-2/h7,10,16,19,25-28,30-31,33-34,74H,4-6,8-9,11-15,17-18,20-24,29,32,35-73H2,1-3H3/b10-7-,19-16-,27-25-,28-26-,31-30-,34-33-. The molecule has 0 bridgehead atoms. The zero-order valence-electron chi connectivity index (χ0n) is 55.5. The highest BCUT2D eigenvalue weighted by atomic mass is 16.6. The van der Waals surface area contributed by atoms with E-state index < -0.39 is 6.10 Å². The summed E-state index contributed by atoms with van der Waals surface area (Å²) in [6, 6.07) is 0. The molecule has 0 aromatic rings. The normalized spacial score (nSPS) is 12.5. The first-order valence-corrected chi connectivity index (χ1v) is 36.4. The van der Waals surface area contributed by atoms with Crippen molar-refractivity contribution in [2.24, 2.45) is 0 Å². The fraction of sp³-hybridized carbons (Fsp3) is 0.805. The lowest BCUT2D eigenvalue weighted by molar-refractivity contribution is -0.167. The smallest absolute Gasteiger partial charge is 0.306 e. The number of hydrogen-bond acceptors (Lipinski definition) is 6. The number of unbranched alkanes of at least 4 members (excludes halogenated alkanes) is 44. The minimum Gasteiger partial charge on any atom is -0.462 e. The first kappa shape index (κ1) is 79.8. The van der Waals surface area contributed by atoms with Gasteiger partial charge in [-0.3, -0.25) is 14.4 Å². The van der Waals surface area contributed by atoms with Crippen molar-refractivity contribution >= 4 is 17.9 Å². The van der Waals surface area contributed by atoms with Crippen LogP contribution in [-0.2, 0) is 28.6 Å². The third kappa shape index (κ3) is 69.5. The summed E-state index contributed by atoms with van der Waals surface area (Å²) in [7, 11) is 0. The van der Waals surface area contributed by atoms with Gasteiger partial charge < -0.3 is 14.2 Å². The first-order chi connectivity index (χ1) is 41.0. The Morgan fingerprint density at radius 2 is 0.470 bits per heavy atom. The molecule has 6 nitrogen and oxygen atoms in total. The predicted molar refractivity (Wildman–Crippen MR) is 362 cm³/mol. The van der Waals surface area contributed by atoms with Gasteiger partial charge >= 0.3 is 17.9 Å². The summed E-state index contributed by atoms with van der Waals surface area (Å²) in [4.78, 5) is 38.4. The van der Waals surface area contributed by atoms with Crippen molar-refractivity contribution in [1.29, 1.82) is 0 Å². The summed E-state index contributed by atoms with van der Waals surface area (Å²) in [6.07, 6.45) is 93.7. The summed E-state index contributed by atoms with van der Waals surface area (Å²) in [5.74, 6) is -0.849. The van der Waals surface area contributed by atoms with E-state index in [0.29, 0.717) is 19.3 Å². The quantitative estimate of drug-likeness (QED) is 0.0261. The van der Waals surface area contributed by atoms with Crippen LogP contribution < -0.4 is 0 Å². The summed E-state index contributed by atoms with van der Waals surface area (Å²) >= 11 is 0. The van der Waals surface area contributed by atoms with Gasteiger partial charge in [0.2, 0.25) is 0 Å². The number of allylic oxidation sites excluding steroid dienone is 12. The highest BCUT2D eigenvalue weighted by Gasteiger charge is 2.19. The van der Waals surface area contributed by atoms with E-state index >= 15 is 0 Å². The maximum Gasteiger partial charge on any atom is 0.306 e. The van der Waals surface area contributed by atoms with Gasteiger partial charge in [0.1, 0.15) is 13.2 Å². The van der Waals surface area contributed by atoms with Crippen molar-refractivity contribution in [3.8, 4) is 0 Å². The van der Waals surface area contributed by atoms with Gasteiger partial charge in [-0.25, -0.2) is 0 Å². The van der Waals surface area contributed by atoms with Crippen LogP contribution in [0.2, 0.25) is 0 Å². The van der Waals surface area contributed by atoms with E-state index in [1.165, 1.54) is 250 Å². The molecule has 0 aromatic carbocycles. The third-order valence-electron chi connectivity index (χ3n) is 16.2. The van der Waals surface area contributed by atoms with E-state index in [1.807, 2.05) is 0 Å². The number of rotatable bonds is 67. The molecule has 1 atom stereocenters. The summed E-state index contributed by atoms with van der Waals surface area (Å²) in [5, 5.41) is 0. The van der Waals surface area contributed by atoms with Gasteiger partial charge in [0.15, 0.2) is 6.10 Å². The Bertz CT molecular complexity index is 1520. The Morgan fingerprint density at radius 3 is 0.747 bits per heavy atom. The lowest BCUT2D eigenvalue weighted by Gasteiger charge is -2.18. The second-order valence-electron chi connectivity index (χ2n) is 24.5.